The molecule has 1 aromatic carbocycles. The van der Waals surface area contributed by atoms with Crippen molar-refractivity contribution in [3.63, 3.8) is 0 Å². The van der Waals surface area contributed by atoms with Gasteiger partial charge in [-0.2, -0.15) is 4.31 Å². The highest BCUT2D eigenvalue weighted by Gasteiger charge is 2.36. The van der Waals surface area contributed by atoms with E-state index in [9.17, 15) is 23.3 Å². The minimum Gasteiger partial charge on any atom is -0.340 e. The molecular weight excluding hydrogens is 370 g/mol. The minimum absolute atomic E-state index is 0.0550. The van der Waals surface area contributed by atoms with Crippen LogP contribution in [0.2, 0.25) is 0 Å². The molecular formula is C18H25N3O5S. The van der Waals surface area contributed by atoms with Gasteiger partial charge in [-0.15, -0.1) is 0 Å². The van der Waals surface area contributed by atoms with Gasteiger partial charge in [-0.1, -0.05) is 31.4 Å². The Morgan fingerprint density at radius 1 is 1.11 bits per heavy atom. The summed E-state index contributed by atoms with van der Waals surface area (Å²) in [4.78, 5) is 24.8. The summed E-state index contributed by atoms with van der Waals surface area (Å²) in [7, 11) is -3.99. The van der Waals surface area contributed by atoms with Gasteiger partial charge in [0, 0.05) is 38.2 Å². The van der Waals surface area contributed by atoms with Gasteiger partial charge in [0.05, 0.1) is 4.92 Å². The monoisotopic (exact) mass is 395 g/mol. The van der Waals surface area contributed by atoms with Gasteiger partial charge in [-0.25, -0.2) is 8.42 Å². The van der Waals surface area contributed by atoms with Crippen molar-refractivity contribution in [1.29, 1.82) is 0 Å². The van der Waals surface area contributed by atoms with Crippen LogP contribution < -0.4 is 0 Å². The number of amides is 1. The van der Waals surface area contributed by atoms with Crippen molar-refractivity contribution in [2.45, 2.75) is 43.9 Å². The molecule has 9 heteroatoms. The number of nitro groups is 1. The number of hydrogen-bond donors (Lipinski definition) is 0. The van der Waals surface area contributed by atoms with E-state index in [0.29, 0.717) is 18.7 Å². The van der Waals surface area contributed by atoms with E-state index in [0.717, 1.165) is 25.7 Å². The molecule has 1 amide bonds. The molecule has 0 spiro atoms. The van der Waals surface area contributed by atoms with E-state index < -0.39 is 20.6 Å². The van der Waals surface area contributed by atoms with Crippen LogP contribution in [-0.2, 0) is 14.8 Å². The van der Waals surface area contributed by atoms with E-state index in [1.165, 1.54) is 22.9 Å². The van der Waals surface area contributed by atoms with Crippen molar-refractivity contribution in [2.75, 3.05) is 26.2 Å². The van der Waals surface area contributed by atoms with E-state index in [1.807, 2.05) is 0 Å². The Kier molecular flexibility index (Phi) is 5.81. The number of hydrogen-bond acceptors (Lipinski definition) is 5. The zero-order valence-corrected chi connectivity index (χ0v) is 16.3. The second-order valence-corrected chi connectivity index (χ2v) is 9.12. The number of benzene rings is 1. The summed E-state index contributed by atoms with van der Waals surface area (Å²) in [6, 6.07) is 4.25. The smallest absolute Gasteiger partial charge is 0.289 e. The maximum absolute atomic E-state index is 13.0. The fourth-order valence-electron chi connectivity index (χ4n) is 4.00. The quantitative estimate of drug-likeness (QED) is 0.575. The maximum atomic E-state index is 13.0. The van der Waals surface area contributed by atoms with Crippen molar-refractivity contribution >= 4 is 21.6 Å². The second kappa shape index (κ2) is 7.93. The molecule has 1 aromatic rings. The predicted octanol–water partition coefficient (Wildman–Crippen LogP) is 2.32. The van der Waals surface area contributed by atoms with Crippen LogP contribution in [0.5, 0.6) is 0 Å². The van der Waals surface area contributed by atoms with Crippen LogP contribution in [0.3, 0.4) is 0 Å². The van der Waals surface area contributed by atoms with Gasteiger partial charge in [0.2, 0.25) is 15.9 Å². The van der Waals surface area contributed by atoms with Crippen LogP contribution in [0, 0.1) is 23.0 Å². The van der Waals surface area contributed by atoms with E-state index in [4.69, 9.17) is 0 Å². The first-order chi connectivity index (χ1) is 12.8. The molecule has 0 N–H and O–H groups in total. The van der Waals surface area contributed by atoms with Gasteiger partial charge < -0.3 is 4.90 Å². The third-order valence-electron chi connectivity index (χ3n) is 5.49. The average Bonchev–Trinajstić information content (AvgIpc) is 2.67. The molecule has 3 rings (SSSR count). The van der Waals surface area contributed by atoms with Crippen LogP contribution in [0.4, 0.5) is 5.69 Å². The molecule has 0 unspecified atom stereocenters. The number of aryl methyl sites for hydroxylation is 1. The van der Waals surface area contributed by atoms with Crippen LogP contribution in [0.25, 0.3) is 0 Å². The standard InChI is InChI=1S/C18H25N3O5S/c1-14-6-5-9-16(21(23)24)17(14)27(25,26)20-12-10-19(11-13-20)18(22)15-7-3-2-4-8-15/h5-6,9,15H,2-4,7-8,10-13H2,1H3. The minimum atomic E-state index is -3.99. The maximum Gasteiger partial charge on any atom is 0.289 e. The first kappa shape index (κ1) is 19.8. The van der Waals surface area contributed by atoms with E-state index in [-0.39, 0.29) is 29.8 Å². The van der Waals surface area contributed by atoms with E-state index >= 15 is 0 Å². The fourth-order valence-corrected chi connectivity index (χ4v) is 5.79. The summed E-state index contributed by atoms with van der Waals surface area (Å²) >= 11 is 0. The van der Waals surface area contributed by atoms with Crippen molar-refractivity contribution < 1.29 is 18.1 Å². The molecule has 1 heterocycles. The Balaban J connectivity index is 1.74. The van der Waals surface area contributed by atoms with Crippen LogP contribution in [-0.4, -0.2) is 54.6 Å². The summed E-state index contributed by atoms with van der Waals surface area (Å²) < 4.78 is 27.3. The highest BCUT2D eigenvalue weighted by Crippen LogP contribution is 2.31. The number of nitrogens with zero attached hydrogens (tertiary/aromatic N) is 3. The summed E-state index contributed by atoms with van der Waals surface area (Å²) in [6.45, 7) is 2.53. The first-order valence-corrected chi connectivity index (χ1v) is 10.8. The van der Waals surface area contributed by atoms with Gasteiger partial charge in [-0.05, 0) is 25.3 Å². The van der Waals surface area contributed by atoms with Crippen molar-refractivity contribution in [3.8, 4) is 0 Å². The Morgan fingerprint density at radius 2 is 1.74 bits per heavy atom. The molecule has 1 aliphatic heterocycles. The zero-order valence-electron chi connectivity index (χ0n) is 15.5. The lowest BCUT2D eigenvalue weighted by Crippen LogP contribution is -2.52. The van der Waals surface area contributed by atoms with Crippen LogP contribution in [0.1, 0.15) is 37.7 Å². The van der Waals surface area contributed by atoms with Gasteiger partial charge >= 0.3 is 0 Å². The molecule has 1 aliphatic carbocycles. The lowest BCUT2D eigenvalue weighted by atomic mass is 9.88. The molecule has 0 radical (unpaired) electrons. The average molecular weight is 395 g/mol. The van der Waals surface area contributed by atoms with Crippen molar-refractivity contribution in [3.05, 3.63) is 33.9 Å². The summed E-state index contributed by atoms with van der Waals surface area (Å²) in [6.07, 6.45) is 5.13. The predicted molar refractivity (Wildman–Crippen MR) is 99.7 cm³/mol. The number of carbonyl (C=O) groups is 1. The summed E-state index contributed by atoms with van der Waals surface area (Å²) in [5.41, 5.74) is -0.0550. The molecule has 8 nitrogen and oxygen atoms in total. The normalized spacial score (nSPS) is 19.8. The van der Waals surface area contributed by atoms with Crippen molar-refractivity contribution in [1.82, 2.24) is 9.21 Å². The molecule has 2 aliphatic rings. The number of rotatable bonds is 4. The third kappa shape index (κ3) is 3.98. The highest BCUT2D eigenvalue weighted by atomic mass is 32.2. The molecule has 1 saturated heterocycles. The van der Waals surface area contributed by atoms with Gasteiger partial charge in [0.15, 0.2) is 4.90 Å². The Morgan fingerprint density at radius 3 is 2.33 bits per heavy atom. The largest absolute Gasteiger partial charge is 0.340 e. The number of carbonyl (C=O) groups excluding carboxylic acids is 1. The number of nitro benzene ring substituents is 1. The van der Waals surface area contributed by atoms with Crippen LogP contribution in [0.15, 0.2) is 23.1 Å². The highest BCUT2D eigenvalue weighted by molar-refractivity contribution is 7.89. The summed E-state index contributed by atoms with van der Waals surface area (Å²) in [5, 5.41) is 11.3. The number of piperazine rings is 1. The van der Waals surface area contributed by atoms with Gasteiger partial charge in [0.25, 0.3) is 5.69 Å². The Hall–Kier alpha value is -2.00. The SMILES string of the molecule is Cc1cccc([N+](=O)[O-])c1S(=O)(=O)N1CCN(C(=O)C2CCCCC2)CC1. The lowest BCUT2D eigenvalue weighted by molar-refractivity contribution is -0.387. The molecule has 2 fully saturated rings. The third-order valence-corrected chi connectivity index (χ3v) is 7.58. The summed E-state index contributed by atoms with van der Waals surface area (Å²) in [5.74, 6) is 0.174. The van der Waals surface area contributed by atoms with Gasteiger partial charge in [-0.3, -0.25) is 14.9 Å². The molecule has 0 aromatic heterocycles. The number of sulfonamides is 1. The second-order valence-electron chi connectivity index (χ2n) is 7.24. The fraction of sp³-hybridized carbons (Fsp3) is 0.611. The first-order valence-electron chi connectivity index (χ1n) is 9.35. The van der Waals surface area contributed by atoms with E-state index in [2.05, 4.69) is 0 Å². The molecule has 148 valence electrons. The van der Waals surface area contributed by atoms with E-state index in [1.54, 1.807) is 17.9 Å². The molecule has 0 atom stereocenters. The molecule has 27 heavy (non-hydrogen) atoms. The topological polar surface area (TPSA) is 101 Å². The zero-order chi connectivity index (χ0) is 19.6. The molecule has 1 saturated carbocycles. The van der Waals surface area contributed by atoms with Crippen LogP contribution >= 0.6 is 0 Å². The van der Waals surface area contributed by atoms with Gasteiger partial charge in [0.1, 0.15) is 0 Å². The Bertz CT molecular complexity index is 825. The lowest BCUT2D eigenvalue weighted by Gasteiger charge is -2.36. The van der Waals surface area contributed by atoms with Crippen molar-refractivity contribution in [2.24, 2.45) is 5.92 Å². The Labute approximate surface area is 159 Å². The molecule has 0 bridgehead atoms.